The second kappa shape index (κ2) is 6.15. The minimum atomic E-state index is -0.926. The summed E-state index contributed by atoms with van der Waals surface area (Å²) in [5, 5.41) is 11.8. The van der Waals surface area contributed by atoms with Crippen molar-refractivity contribution in [3.05, 3.63) is 42.0 Å². The van der Waals surface area contributed by atoms with Gasteiger partial charge in [-0.05, 0) is 11.6 Å². The number of rotatable bonds is 3. The molecule has 0 bridgehead atoms. The van der Waals surface area contributed by atoms with Crippen LogP contribution in [0.2, 0.25) is 0 Å². The van der Waals surface area contributed by atoms with Crippen LogP contribution in [0.3, 0.4) is 0 Å². The Morgan fingerprint density at radius 2 is 2.05 bits per heavy atom. The van der Waals surface area contributed by atoms with Crippen LogP contribution in [-0.4, -0.2) is 47.6 Å². The van der Waals surface area contributed by atoms with Gasteiger partial charge in [0.2, 0.25) is 5.91 Å². The van der Waals surface area contributed by atoms with Gasteiger partial charge in [-0.15, -0.1) is 0 Å². The van der Waals surface area contributed by atoms with Crippen LogP contribution in [0.25, 0.3) is 6.08 Å². The van der Waals surface area contributed by atoms with E-state index in [1.165, 1.54) is 6.08 Å². The van der Waals surface area contributed by atoms with E-state index in [-0.39, 0.29) is 12.5 Å². The van der Waals surface area contributed by atoms with Gasteiger partial charge in [-0.1, -0.05) is 30.3 Å². The Balaban J connectivity index is 1.96. The average molecular weight is 260 g/mol. The fraction of sp³-hybridized carbons (Fsp3) is 0.286. The zero-order valence-electron chi connectivity index (χ0n) is 10.5. The third-order valence-electron chi connectivity index (χ3n) is 3.00. The zero-order valence-corrected chi connectivity index (χ0v) is 10.5. The topological polar surface area (TPSA) is 69.6 Å². The first kappa shape index (κ1) is 13.3. The van der Waals surface area contributed by atoms with Gasteiger partial charge in [0.05, 0.1) is 0 Å². The number of amides is 1. The van der Waals surface area contributed by atoms with Crippen LogP contribution >= 0.6 is 0 Å². The van der Waals surface area contributed by atoms with E-state index in [1.54, 1.807) is 11.0 Å². The molecule has 0 aromatic heterocycles. The maximum atomic E-state index is 12.0. The third kappa shape index (κ3) is 3.66. The molecule has 19 heavy (non-hydrogen) atoms. The fourth-order valence-electron chi connectivity index (χ4n) is 1.95. The van der Waals surface area contributed by atoms with Crippen LogP contribution in [-0.2, 0) is 9.59 Å². The van der Waals surface area contributed by atoms with E-state index in [1.807, 2.05) is 30.3 Å². The monoisotopic (exact) mass is 260 g/mol. The van der Waals surface area contributed by atoms with Crippen molar-refractivity contribution in [3.8, 4) is 0 Å². The summed E-state index contributed by atoms with van der Waals surface area (Å²) >= 11 is 0. The molecule has 5 heteroatoms. The summed E-state index contributed by atoms with van der Waals surface area (Å²) in [6, 6.07) is 8.84. The number of benzene rings is 1. The summed E-state index contributed by atoms with van der Waals surface area (Å²) in [7, 11) is 0. The molecule has 0 saturated carbocycles. The van der Waals surface area contributed by atoms with Gasteiger partial charge < -0.3 is 15.3 Å². The van der Waals surface area contributed by atoms with Gasteiger partial charge in [0.15, 0.2) is 0 Å². The van der Waals surface area contributed by atoms with Crippen molar-refractivity contribution >= 4 is 18.0 Å². The SMILES string of the molecule is O=C(O)C1CN(C(=O)/C=C/c2ccccc2)CCN1. The first-order valence-corrected chi connectivity index (χ1v) is 6.15. The maximum absolute atomic E-state index is 12.0. The fourth-order valence-corrected chi connectivity index (χ4v) is 1.95. The van der Waals surface area contributed by atoms with Crippen LogP contribution in [0.15, 0.2) is 36.4 Å². The smallest absolute Gasteiger partial charge is 0.322 e. The first-order chi connectivity index (χ1) is 9.16. The molecule has 0 aliphatic carbocycles. The van der Waals surface area contributed by atoms with Crippen molar-refractivity contribution in [2.75, 3.05) is 19.6 Å². The number of nitrogens with zero attached hydrogens (tertiary/aromatic N) is 1. The molecule has 1 heterocycles. The van der Waals surface area contributed by atoms with Crippen molar-refractivity contribution in [2.45, 2.75) is 6.04 Å². The van der Waals surface area contributed by atoms with Gasteiger partial charge >= 0.3 is 5.97 Å². The lowest BCUT2D eigenvalue weighted by Crippen LogP contribution is -2.55. The molecule has 1 aromatic rings. The van der Waals surface area contributed by atoms with Crippen molar-refractivity contribution in [1.82, 2.24) is 10.2 Å². The molecule has 2 N–H and O–H groups in total. The van der Waals surface area contributed by atoms with E-state index in [0.717, 1.165) is 5.56 Å². The summed E-state index contributed by atoms with van der Waals surface area (Å²) in [5.41, 5.74) is 0.945. The van der Waals surface area contributed by atoms with E-state index < -0.39 is 12.0 Å². The van der Waals surface area contributed by atoms with Crippen LogP contribution in [0.5, 0.6) is 0 Å². The van der Waals surface area contributed by atoms with Crippen molar-refractivity contribution in [2.24, 2.45) is 0 Å². The minimum absolute atomic E-state index is 0.156. The van der Waals surface area contributed by atoms with Crippen LogP contribution < -0.4 is 5.32 Å². The summed E-state index contributed by atoms with van der Waals surface area (Å²) < 4.78 is 0. The van der Waals surface area contributed by atoms with Gasteiger partial charge in [-0.2, -0.15) is 0 Å². The molecule has 1 amide bonds. The van der Waals surface area contributed by atoms with E-state index >= 15 is 0 Å². The number of carboxylic acid groups (broad SMARTS) is 1. The zero-order chi connectivity index (χ0) is 13.7. The normalized spacial score (nSPS) is 19.6. The van der Waals surface area contributed by atoms with E-state index in [4.69, 9.17) is 5.11 Å². The van der Waals surface area contributed by atoms with Crippen LogP contribution in [0, 0.1) is 0 Å². The van der Waals surface area contributed by atoms with Gasteiger partial charge in [0, 0.05) is 25.7 Å². The summed E-state index contributed by atoms with van der Waals surface area (Å²) in [6.45, 7) is 1.23. The molecule has 1 saturated heterocycles. The molecule has 1 aromatic carbocycles. The second-order valence-electron chi connectivity index (χ2n) is 4.37. The minimum Gasteiger partial charge on any atom is -0.480 e. The maximum Gasteiger partial charge on any atom is 0.322 e. The highest BCUT2D eigenvalue weighted by Gasteiger charge is 2.26. The molecule has 1 fully saturated rings. The summed E-state index contributed by atoms with van der Waals surface area (Å²) in [5.74, 6) is -1.08. The molecule has 1 aliphatic heterocycles. The van der Waals surface area contributed by atoms with E-state index in [9.17, 15) is 9.59 Å². The molecule has 2 rings (SSSR count). The molecule has 1 unspecified atom stereocenters. The second-order valence-corrected chi connectivity index (χ2v) is 4.37. The van der Waals surface area contributed by atoms with Gasteiger partial charge in [0.25, 0.3) is 0 Å². The lowest BCUT2D eigenvalue weighted by Gasteiger charge is -2.30. The van der Waals surface area contributed by atoms with Gasteiger partial charge in [0.1, 0.15) is 6.04 Å². The Morgan fingerprint density at radius 1 is 1.32 bits per heavy atom. The number of hydrogen-bond donors (Lipinski definition) is 2. The predicted octanol–water partition coefficient (Wildman–Crippen LogP) is 0.585. The Labute approximate surface area is 111 Å². The number of piperazine rings is 1. The number of carboxylic acids is 1. The Kier molecular flexibility index (Phi) is 4.30. The molecule has 1 aliphatic rings. The molecule has 5 nitrogen and oxygen atoms in total. The molecule has 0 radical (unpaired) electrons. The lowest BCUT2D eigenvalue weighted by molar-refractivity contribution is -0.141. The molecule has 0 spiro atoms. The van der Waals surface area contributed by atoms with Gasteiger partial charge in [-0.3, -0.25) is 9.59 Å². The first-order valence-electron chi connectivity index (χ1n) is 6.15. The lowest BCUT2D eigenvalue weighted by atomic mass is 10.2. The number of nitrogens with one attached hydrogen (secondary N) is 1. The molecule has 1 atom stereocenters. The highest BCUT2D eigenvalue weighted by atomic mass is 16.4. The van der Waals surface area contributed by atoms with E-state index in [2.05, 4.69) is 5.32 Å². The Morgan fingerprint density at radius 3 is 2.74 bits per heavy atom. The quantitative estimate of drug-likeness (QED) is 0.780. The standard InChI is InChI=1S/C14H16N2O3/c17-13(7-6-11-4-2-1-3-5-11)16-9-8-15-12(10-16)14(18)19/h1-7,12,15H,8-10H2,(H,18,19)/b7-6+. The largest absolute Gasteiger partial charge is 0.480 e. The Hall–Kier alpha value is -2.14. The number of carbonyl (C=O) groups is 2. The Bertz CT molecular complexity index is 485. The highest BCUT2D eigenvalue weighted by molar-refractivity contribution is 5.92. The molecular formula is C14H16N2O3. The molecular weight excluding hydrogens is 244 g/mol. The predicted molar refractivity (Wildman–Crippen MR) is 71.5 cm³/mol. The highest BCUT2D eigenvalue weighted by Crippen LogP contribution is 2.04. The van der Waals surface area contributed by atoms with Crippen LogP contribution in [0.4, 0.5) is 0 Å². The third-order valence-corrected chi connectivity index (χ3v) is 3.00. The number of carbonyl (C=O) groups excluding carboxylic acids is 1. The summed E-state index contributed by atoms with van der Waals surface area (Å²) in [4.78, 5) is 24.4. The summed E-state index contributed by atoms with van der Waals surface area (Å²) in [6.07, 6.45) is 3.22. The van der Waals surface area contributed by atoms with Gasteiger partial charge in [-0.25, -0.2) is 0 Å². The van der Waals surface area contributed by atoms with Crippen LogP contribution in [0.1, 0.15) is 5.56 Å². The average Bonchev–Trinajstić information content (AvgIpc) is 2.46. The van der Waals surface area contributed by atoms with Crippen molar-refractivity contribution in [1.29, 1.82) is 0 Å². The van der Waals surface area contributed by atoms with Crippen molar-refractivity contribution in [3.63, 3.8) is 0 Å². The van der Waals surface area contributed by atoms with E-state index in [0.29, 0.717) is 13.1 Å². The number of hydrogen-bond acceptors (Lipinski definition) is 3. The number of aliphatic carboxylic acids is 1. The molecule has 100 valence electrons. The van der Waals surface area contributed by atoms with Crippen molar-refractivity contribution < 1.29 is 14.7 Å².